The number of carbonyl (C=O) groups excluding carboxylic acids is 10. The van der Waals surface area contributed by atoms with E-state index in [1.165, 1.54) is 24.3 Å². The van der Waals surface area contributed by atoms with Crippen molar-refractivity contribution >= 4 is 59.4 Å². The summed E-state index contributed by atoms with van der Waals surface area (Å²) in [4.78, 5) is 130. The number of hydrogen-bond donors (Lipinski definition) is 0. The molecule has 0 spiro atoms. The van der Waals surface area contributed by atoms with Crippen molar-refractivity contribution in [3.8, 4) is 0 Å². The Morgan fingerprint density at radius 1 is 0.433 bits per heavy atom. The van der Waals surface area contributed by atoms with Gasteiger partial charge < -0.3 is 37.9 Å². The van der Waals surface area contributed by atoms with Gasteiger partial charge in [0, 0.05) is 41.5 Å². The number of imide groups is 2. The van der Waals surface area contributed by atoms with Gasteiger partial charge in [0.25, 0.3) is 23.6 Å². The Morgan fingerprint density at radius 2 is 0.683 bits per heavy atom. The second-order valence-electron chi connectivity index (χ2n) is 13.1. The fourth-order valence-electron chi connectivity index (χ4n) is 6.33. The summed E-state index contributed by atoms with van der Waals surface area (Å²) in [6.45, 7) is 6.11. The molecule has 60 heavy (non-hydrogen) atoms. The summed E-state index contributed by atoms with van der Waals surface area (Å²) >= 11 is 0. The number of esters is 6. The van der Waals surface area contributed by atoms with Crippen LogP contribution in [0.2, 0.25) is 0 Å². The average molecular weight is 843 g/mol. The zero-order valence-electron chi connectivity index (χ0n) is 32.7. The summed E-state index contributed by atoms with van der Waals surface area (Å²) in [6, 6.07) is 12.2. The average Bonchev–Trinajstić information content (AvgIpc) is 3.55. The van der Waals surface area contributed by atoms with Crippen LogP contribution in [0, 0.1) is 0 Å². The highest BCUT2D eigenvalue weighted by molar-refractivity contribution is 6.21. The van der Waals surface area contributed by atoms with E-state index in [1.54, 1.807) is 24.3 Å². The number of ether oxygens (including phenoxy) is 8. The van der Waals surface area contributed by atoms with Crippen LogP contribution < -0.4 is 0 Å². The number of benzene rings is 2. The fourth-order valence-corrected chi connectivity index (χ4v) is 6.33. The molecule has 320 valence electrons. The van der Waals surface area contributed by atoms with Gasteiger partial charge in [-0.1, -0.05) is 24.3 Å². The number of rotatable bonds is 10. The van der Waals surface area contributed by atoms with Gasteiger partial charge in [-0.05, 0) is 24.3 Å². The van der Waals surface area contributed by atoms with E-state index in [0.717, 1.165) is 41.5 Å². The van der Waals surface area contributed by atoms with E-state index >= 15 is 0 Å². The first-order chi connectivity index (χ1) is 28.4. The van der Waals surface area contributed by atoms with E-state index in [0.29, 0.717) is 10.1 Å². The normalized spacial score (nSPS) is 25.5. The van der Waals surface area contributed by atoms with Crippen molar-refractivity contribution in [2.24, 2.45) is 0 Å². The van der Waals surface area contributed by atoms with Crippen molar-refractivity contribution in [2.75, 3.05) is 13.2 Å². The predicted octanol–water partition coefficient (Wildman–Crippen LogP) is 0.731. The van der Waals surface area contributed by atoms with Gasteiger partial charge in [-0.15, -0.1) is 10.1 Å². The number of nitrogens with zero attached hydrogens (tertiary/aromatic N) is 2. The molecule has 8 atom stereocenters. The molecule has 2 saturated heterocycles. The third-order valence-corrected chi connectivity index (χ3v) is 8.54. The number of carbonyl (C=O) groups is 10. The van der Waals surface area contributed by atoms with E-state index in [1.807, 2.05) is 0 Å². The van der Waals surface area contributed by atoms with Gasteiger partial charge in [0.2, 0.25) is 12.6 Å². The molecule has 0 N–H and O–H groups in total. The highest BCUT2D eigenvalue weighted by Gasteiger charge is 2.52. The molecule has 22 nitrogen and oxygen atoms in total. The molecule has 0 unspecified atom stereocenters. The van der Waals surface area contributed by atoms with Crippen molar-refractivity contribution in [2.45, 2.75) is 90.7 Å². The van der Waals surface area contributed by atoms with Crippen LogP contribution >= 0.6 is 0 Å². The minimum absolute atomic E-state index is 0.136. The molecule has 2 fully saturated rings. The molecule has 0 radical (unpaired) electrons. The Kier molecular flexibility index (Phi) is 14.1. The molecule has 6 rings (SSSR count). The molecule has 4 amide bonds. The van der Waals surface area contributed by atoms with Gasteiger partial charge in [-0.25, -0.2) is 9.68 Å². The highest BCUT2D eigenvalue weighted by Crippen LogP contribution is 2.31. The van der Waals surface area contributed by atoms with Crippen LogP contribution in [0.1, 0.15) is 83.0 Å². The quantitative estimate of drug-likeness (QED) is 0.181. The third kappa shape index (κ3) is 10.1. The topological polar surface area (TPSA) is 269 Å². The van der Waals surface area contributed by atoms with Crippen LogP contribution in [0.15, 0.2) is 48.5 Å². The predicted molar refractivity (Wildman–Crippen MR) is 189 cm³/mol. The van der Waals surface area contributed by atoms with Gasteiger partial charge in [0.05, 0.1) is 35.5 Å². The maximum absolute atomic E-state index is 12.5. The zero-order chi connectivity index (χ0) is 44.0. The molecule has 2 aromatic rings. The number of fused-ring (bicyclic) bond motifs is 2. The maximum Gasteiger partial charge on any atom is 0.303 e. The van der Waals surface area contributed by atoms with Crippen LogP contribution in [0.3, 0.4) is 0 Å². The molecule has 2 aromatic carbocycles. The second kappa shape index (κ2) is 19.0. The molecule has 0 saturated carbocycles. The summed E-state index contributed by atoms with van der Waals surface area (Å²) in [5.74, 6) is -7.31. The van der Waals surface area contributed by atoms with Gasteiger partial charge in [-0.3, -0.25) is 47.9 Å². The minimum atomic E-state index is -1.49. The zero-order valence-corrected chi connectivity index (χ0v) is 32.7. The summed E-state index contributed by atoms with van der Waals surface area (Å²) < 4.78 is 41.8. The van der Waals surface area contributed by atoms with Gasteiger partial charge in [-0.2, -0.15) is 0 Å². The van der Waals surface area contributed by atoms with Gasteiger partial charge >= 0.3 is 35.8 Å². The Hall–Kier alpha value is -6.62. The Labute approximate surface area is 339 Å². The standard InChI is InChI=1S/2C19H19NO10/c2*1-9(21)27-14-8-26-19(16(29-11(3)23)15(14)28-10(2)22)30-20-17(24)12-6-4-5-7-13(12)18(20)25/h2*4-7,14-16,19H,8H2,1-3H3/t2*14-,15+,16-,19+/m00/s1. The molecule has 4 aliphatic heterocycles. The molecule has 0 aromatic heterocycles. The minimum Gasteiger partial charge on any atom is -0.456 e. The van der Waals surface area contributed by atoms with Crippen molar-refractivity contribution < 1.29 is 95.5 Å². The van der Waals surface area contributed by atoms with Gasteiger partial charge in [0.1, 0.15) is 0 Å². The Bertz CT molecular complexity index is 1870. The first-order valence-electron chi connectivity index (χ1n) is 17.9. The first-order valence-corrected chi connectivity index (χ1v) is 17.9. The van der Waals surface area contributed by atoms with Crippen LogP contribution in [0.25, 0.3) is 0 Å². The number of hydroxylamine groups is 4. The lowest BCUT2D eigenvalue weighted by Crippen LogP contribution is -2.59. The van der Waals surface area contributed by atoms with Crippen LogP contribution in [-0.2, 0) is 76.3 Å². The lowest BCUT2D eigenvalue weighted by atomic mass is 10.0. The van der Waals surface area contributed by atoms with Crippen molar-refractivity contribution in [1.82, 2.24) is 10.1 Å². The number of hydrogen-bond acceptors (Lipinski definition) is 20. The molecule has 4 heterocycles. The van der Waals surface area contributed by atoms with Crippen molar-refractivity contribution in [3.05, 3.63) is 70.8 Å². The van der Waals surface area contributed by atoms with Crippen molar-refractivity contribution in [1.29, 1.82) is 0 Å². The molecular weight excluding hydrogens is 804 g/mol. The Morgan fingerprint density at radius 3 is 0.933 bits per heavy atom. The smallest absolute Gasteiger partial charge is 0.303 e. The maximum atomic E-state index is 12.5. The molecule has 0 aliphatic carbocycles. The largest absolute Gasteiger partial charge is 0.456 e. The summed E-state index contributed by atoms with van der Waals surface area (Å²) in [5.41, 5.74) is 0.543. The molecule has 4 aliphatic rings. The van der Waals surface area contributed by atoms with E-state index < -0.39 is 109 Å². The lowest BCUT2D eigenvalue weighted by Gasteiger charge is -2.40. The van der Waals surface area contributed by atoms with Crippen LogP contribution in [0.5, 0.6) is 0 Å². The monoisotopic (exact) mass is 842 g/mol. The first kappa shape index (κ1) is 44.5. The van der Waals surface area contributed by atoms with Crippen LogP contribution in [-0.4, -0.2) is 132 Å². The van der Waals surface area contributed by atoms with E-state index in [4.69, 9.17) is 47.6 Å². The molecule has 22 heteroatoms. The van der Waals surface area contributed by atoms with Crippen LogP contribution in [0.4, 0.5) is 0 Å². The van der Waals surface area contributed by atoms with E-state index in [2.05, 4.69) is 0 Å². The van der Waals surface area contributed by atoms with E-state index in [9.17, 15) is 47.9 Å². The lowest BCUT2D eigenvalue weighted by molar-refractivity contribution is -0.318. The Balaban J connectivity index is 0.000000228. The van der Waals surface area contributed by atoms with Crippen molar-refractivity contribution in [3.63, 3.8) is 0 Å². The second-order valence-corrected chi connectivity index (χ2v) is 13.1. The summed E-state index contributed by atoms with van der Waals surface area (Å²) in [7, 11) is 0. The SMILES string of the molecule is CC(=O)O[C@@H]1[C@@H](ON2C(=O)c3ccccc3C2=O)OC[C@H](OC(C)=O)[C@H]1OC(C)=O.CC(=O)O[C@@H]1[C@@H](ON2C(=O)c3ccccc3C2=O)OC[C@H](OC(C)=O)[C@H]1OC(C)=O. The fraction of sp³-hybridized carbons (Fsp3) is 0.421. The molecule has 0 bridgehead atoms. The third-order valence-electron chi connectivity index (χ3n) is 8.54. The summed E-state index contributed by atoms with van der Waals surface area (Å²) in [6.07, 6.45) is -10.6. The summed E-state index contributed by atoms with van der Waals surface area (Å²) in [5, 5.41) is 0.978. The van der Waals surface area contributed by atoms with E-state index in [-0.39, 0.29) is 35.5 Å². The molecular formula is C38H38N2O20. The van der Waals surface area contributed by atoms with Gasteiger partial charge in [0.15, 0.2) is 36.6 Å². The highest BCUT2D eigenvalue weighted by atomic mass is 16.8. The number of amides is 4.